The van der Waals surface area contributed by atoms with Crippen LogP contribution >= 0.6 is 0 Å². The summed E-state index contributed by atoms with van der Waals surface area (Å²) in [6, 6.07) is 19.7. The second kappa shape index (κ2) is 10.3. The fourth-order valence-corrected chi connectivity index (χ4v) is 6.17. The molecule has 2 N–H and O–H groups in total. The van der Waals surface area contributed by atoms with Crippen LogP contribution in [0.4, 0.5) is 0 Å². The molecule has 0 bridgehead atoms. The van der Waals surface area contributed by atoms with Gasteiger partial charge in [0.2, 0.25) is 0 Å². The predicted molar refractivity (Wildman–Crippen MR) is 128 cm³/mol. The van der Waals surface area contributed by atoms with Crippen molar-refractivity contribution in [2.75, 3.05) is 0 Å². The highest BCUT2D eigenvalue weighted by Crippen LogP contribution is 2.43. The van der Waals surface area contributed by atoms with E-state index in [1.165, 1.54) is 0 Å². The number of hydrogen-bond acceptors (Lipinski definition) is 3. The average Bonchev–Trinajstić information content (AvgIpc) is 2.86. The number of carbonyl (C=O) groups is 1. The third kappa shape index (κ3) is 5.00. The van der Waals surface area contributed by atoms with Gasteiger partial charge in [-0.05, 0) is 48.6 Å². The van der Waals surface area contributed by atoms with Crippen molar-refractivity contribution in [3.05, 3.63) is 71.8 Å². The minimum atomic E-state index is -1.54. The second-order valence-electron chi connectivity index (χ2n) is 10.2. The van der Waals surface area contributed by atoms with E-state index in [2.05, 4.69) is 0 Å². The fraction of sp³-hybridized carbons (Fsp3) is 0.552. The lowest BCUT2D eigenvalue weighted by Crippen LogP contribution is -2.62. The van der Waals surface area contributed by atoms with Crippen molar-refractivity contribution < 1.29 is 15.0 Å². The maximum absolute atomic E-state index is 14.4. The summed E-state index contributed by atoms with van der Waals surface area (Å²) in [5.74, 6) is -0.541. The molecular formula is C29H38O3. The number of rotatable bonds is 8. The molecule has 0 saturated heterocycles. The van der Waals surface area contributed by atoms with Gasteiger partial charge in [0, 0.05) is 12.8 Å². The Kier molecular flexibility index (Phi) is 7.48. The summed E-state index contributed by atoms with van der Waals surface area (Å²) in [5, 5.41) is 24.4. The number of Topliss-reactive ketones (excluding diaryl/α,β-unsaturated/α-hetero) is 1. The maximum Gasteiger partial charge on any atom is 0.196 e. The summed E-state index contributed by atoms with van der Waals surface area (Å²) in [5.41, 5.74) is -1.16. The van der Waals surface area contributed by atoms with Crippen molar-refractivity contribution in [1.29, 1.82) is 0 Å². The van der Waals surface area contributed by atoms with Crippen LogP contribution in [0.1, 0.15) is 75.3 Å². The first kappa shape index (κ1) is 23.2. The summed E-state index contributed by atoms with van der Waals surface area (Å²) in [7, 11) is 0. The maximum atomic E-state index is 14.4. The van der Waals surface area contributed by atoms with E-state index in [-0.39, 0.29) is 30.5 Å². The Balaban J connectivity index is 1.72. The monoisotopic (exact) mass is 434 g/mol. The molecule has 0 radical (unpaired) electrons. The van der Waals surface area contributed by atoms with Crippen LogP contribution in [0.25, 0.3) is 0 Å². The molecule has 2 fully saturated rings. The Morgan fingerprint density at radius 1 is 0.625 bits per heavy atom. The van der Waals surface area contributed by atoms with E-state index in [1.54, 1.807) is 0 Å². The van der Waals surface area contributed by atoms with Gasteiger partial charge in [0.05, 0.1) is 0 Å². The zero-order valence-corrected chi connectivity index (χ0v) is 19.2. The molecule has 0 aliphatic heterocycles. The molecule has 2 aliphatic rings. The van der Waals surface area contributed by atoms with Crippen LogP contribution in [0.2, 0.25) is 0 Å². The molecular weight excluding hydrogens is 396 g/mol. The zero-order valence-electron chi connectivity index (χ0n) is 19.2. The SMILES string of the molecule is O=C(C(O)(Cc1ccccc1)C1CCCCC1)C(O)(Cc1ccccc1)C1CCCCC1. The molecule has 0 aromatic heterocycles. The van der Waals surface area contributed by atoms with E-state index >= 15 is 0 Å². The van der Waals surface area contributed by atoms with E-state index in [4.69, 9.17) is 0 Å². The normalized spacial score (nSPS) is 22.1. The van der Waals surface area contributed by atoms with Gasteiger partial charge in [-0.2, -0.15) is 0 Å². The first-order valence-electron chi connectivity index (χ1n) is 12.6. The molecule has 3 heteroatoms. The van der Waals surface area contributed by atoms with Crippen molar-refractivity contribution in [2.45, 2.75) is 88.3 Å². The molecule has 2 aliphatic carbocycles. The van der Waals surface area contributed by atoms with E-state index in [0.29, 0.717) is 0 Å². The topological polar surface area (TPSA) is 57.5 Å². The van der Waals surface area contributed by atoms with Gasteiger partial charge in [-0.3, -0.25) is 4.79 Å². The van der Waals surface area contributed by atoms with Crippen molar-refractivity contribution in [3.8, 4) is 0 Å². The molecule has 3 nitrogen and oxygen atoms in total. The fourth-order valence-electron chi connectivity index (χ4n) is 6.17. The molecule has 4 rings (SSSR count). The van der Waals surface area contributed by atoms with Crippen LogP contribution in [-0.4, -0.2) is 27.2 Å². The number of aliphatic hydroxyl groups is 2. The van der Waals surface area contributed by atoms with Gasteiger partial charge >= 0.3 is 0 Å². The Labute approximate surface area is 192 Å². The molecule has 172 valence electrons. The quantitative estimate of drug-likeness (QED) is 0.563. The summed E-state index contributed by atoms with van der Waals surface area (Å²) in [6.07, 6.45) is 10.4. The molecule has 0 heterocycles. The van der Waals surface area contributed by atoms with Crippen molar-refractivity contribution in [1.82, 2.24) is 0 Å². The van der Waals surface area contributed by atoms with Gasteiger partial charge in [0.25, 0.3) is 0 Å². The van der Waals surface area contributed by atoms with E-state index in [9.17, 15) is 15.0 Å². The number of ketones is 1. The Hall–Kier alpha value is -1.97. The van der Waals surface area contributed by atoms with E-state index in [0.717, 1.165) is 75.3 Å². The van der Waals surface area contributed by atoms with Gasteiger partial charge in [-0.15, -0.1) is 0 Å². The summed E-state index contributed by atoms with van der Waals surface area (Å²) >= 11 is 0. The van der Waals surface area contributed by atoms with Crippen molar-refractivity contribution in [2.24, 2.45) is 11.8 Å². The van der Waals surface area contributed by atoms with E-state index in [1.807, 2.05) is 60.7 Å². The highest BCUT2D eigenvalue weighted by atomic mass is 16.3. The Morgan fingerprint density at radius 3 is 1.31 bits per heavy atom. The van der Waals surface area contributed by atoms with Crippen molar-refractivity contribution in [3.63, 3.8) is 0 Å². The lowest BCUT2D eigenvalue weighted by Gasteiger charge is -2.46. The standard InChI is InChI=1S/C29H38O3/c30-27(28(31,25-17-9-3-10-18-25)21-23-13-5-1-6-14-23)29(32,26-19-11-4-12-20-26)22-24-15-7-2-8-16-24/h1-2,5-8,13-16,25-26,31-32H,3-4,9-12,17-22H2. The Bertz CT molecular complexity index is 781. The second-order valence-corrected chi connectivity index (χ2v) is 10.2. The van der Waals surface area contributed by atoms with Gasteiger partial charge in [0.1, 0.15) is 11.2 Å². The molecule has 2 aromatic rings. The highest BCUT2D eigenvalue weighted by Gasteiger charge is 2.55. The van der Waals surface area contributed by atoms with Crippen LogP contribution < -0.4 is 0 Å². The lowest BCUT2D eigenvalue weighted by molar-refractivity contribution is -0.172. The molecule has 32 heavy (non-hydrogen) atoms. The first-order valence-corrected chi connectivity index (χ1v) is 12.6. The molecule has 2 atom stereocenters. The average molecular weight is 435 g/mol. The third-order valence-corrected chi connectivity index (χ3v) is 7.98. The van der Waals surface area contributed by atoms with E-state index < -0.39 is 11.2 Å². The summed E-state index contributed by atoms with van der Waals surface area (Å²) < 4.78 is 0. The molecule has 0 amide bonds. The van der Waals surface area contributed by atoms with Gasteiger partial charge in [-0.1, -0.05) is 99.2 Å². The van der Waals surface area contributed by atoms with Crippen LogP contribution in [0, 0.1) is 11.8 Å². The predicted octanol–water partition coefficient (Wildman–Crippen LogP) is 5.66. The first-order chi connectivity index (χ1) is 15.5. The largest absolute Gasteiger partial charge is 0.381 e. The third-order valence-electron chi connectivity index (χ3n) is 7.98. The summed E-state index contributed by atoms with van der Waals surface area (Å²) in [4.78, 5) is 14.4. The van der Waals surface area contributed by atoms with Crippen LogP contribution in [0.15, 0.2) is 60.7 Å². The minimum Gasteiger partial charge on any atom is -0.381 e. The van der Waals surface area contributed by atoms with Gasteiger partial charge in [0.15, 0.2) is 5.78 Å². The van der Waals surface area contributed by atoms with Crippen LogP contribution in [0.5, 0.6) is 0 Å². The molecule has 2 saturated carbocycles. The minimum absolute atomic E-state index is 0.102. The van der Waals surface area contributed by atoms with Gasteiger partial charge < -0.3 is 10.2 Å². The highest BCUT2D eigenvalue weighted by molar-refractivity contribution is 5.95. The van der Waals surface area contributed by atoms with Crippen LogP contribution in [-0.2, 0) is 17.6 Å². The lowest BCUT2D eigenvalue weighted by atomic mass is 9.63. The van der Waals surface area contributed by atoms with Gasteiger partial charge in [-0.25, -0.2) is 0 Å². The Morgan fingerprint density at radius 2 is 0.969 bits per heavy atom. The number of benzene rings is 2. The molecule has 2 aromatic carbocycles. The molecule has 0 spiro atoms. The van der Waals surface area contributed by atoms with Crippen molar-refractivity contribution >= 4 is 5.78 Å². The number of hydrogen-bond donors (Lipinski definition) is 2. The number of carbonyl (C=O) groups excluding carboxylic acids is 1. The summed E-state index contributed by atoms with van der Waals surface area (Å²) in [6.45, 7) is 0. The van der Waals surface area contributed by atoms with Crippen LogP contribution in [0.3, 0.4) is 0 Å². The molecule has 2 unspecified atom stereocenters. The zero-order chi connectivity index (χ0) is 22.4. The smallest absolute Gasteiger partial charge is 0.196 e.